The van der Waals surface area contributed by atoms with Crippen LogP contribution in [0.4, 0.5) is 11.9 Å². The molecule has 10 nitrogen and oxygen atoms in total. The Balaban J connectivity index is 0.000000213. The van der Waals surface area contributed by atoms with E-state index in [1.54, 1.807) is 21.3 Å². The first-order valence-electron chi connectivity index (χ1n) is 11.8. The van der Waals surface area contributed by atoms with Gasteiger partial charge >= 0.3 is 0 Å². The number of hydrogen-bond acceptors (Lipinski definition) is 8. The number of fused-ring (bicyclic) bond motifs is 2. The molecule has 0 spiro atoms. The maximum Gasteiger partial charge on any atom is 0.267 e. The summed E-state index contributed by atoms with van der Waals surface area (Å²) in [5, 5.41) is 1.66. The highest BCUT2D eigenvalue weighted by Gasteiger charge is 2.13. The molecule has 0 radical (unpaired) electrons. The van der Waals surface area contributed by atoms with Crippen molar-refractivity contribution >= 4 is 58.0 Å². The fourth-order valence-electron chi connectivity index (χ4n) is 3.72. The second-order valence-electron chi connectivity index (χ2n) is 9.46. The summed E-state index contributed by atoms with van der Waals surface area (Å²) in [6.45, 7) is 15.0. The van der Waals surface area contributed by atoms with Gasteiger partial charge in [0.1, 0.15) is 19.4 Å². The Morgan fingerprint density at radius 2 is 1.30 bits per heavy atom. The molecule has 0 bridgehead atoms. The van der Waals surface area contributed by atoms with Crippen LogP contribution in [0.3, 0.4) is 0 Å². The Kier molecular flexibility index (Phi) is 8.19. The van der Waals surface area contributed by atoms with E-state index in [9.17, 15) is 9.59 Å². The molecule has 0 unspecified atom stereocenters. The van der Waals surface area contributed by atoms with Crippen molar-refractivity contribution in [2.75, 3.05) is 11.5 Å². The molecule has 4 aromatic heterocycles. The minimum absolute atomic E-state index is 0.104. The second-order valence-corrected chi connectivity index (χ2v) is 15.1. The van der Waals surface area contributed by atoms with Gasteiger partial charge in [0.15, 0.2) is 0 Å². The second kappa shape index (κ2) is 10.8. The van der Waals surface area contributed by atoms with E-state index in [1.165, 1.54) is 0 Å². The molecule has 0 aromatic carbocycles. The Labute approximate surface area is 224 Å². The number of aryl methyl sites for hydroxylation is 4. The van der Waals surface area contributed by atoms with Crippen LogP contribution in [0.15, 0.2) is 26.2 Å². The van der Waals surface area contributed by atoms with Gasteiger partial charge in [0, 0.05) is 23.9 Å². The van der Waals surface area contributed by atoms with Crippen molar-refractivity contribution in [3.63, 3.8) is 0 Å². The number of rotatable bonds is 2. The Bertz CT molecular complexity index is 1690. The van der Waals surface area contributed by atoms with Crippen LogP contribution in [0, 0.1) is 25.3 Å². The van der Waals surface area contributed by atoms with Crippen molar-refractivity contribution in [1.82, 2.24) is 29.1 Å². The van der Waals surface area contributed by atoms with Gasteiger partial charge in [-0.1, -0.05) is 25.6 Å². The summed E-state index contributed by atoms with van der Waals surface area (Å²) in [4.78, 5) is 41.0. The van der Waals surface area contributed by atoms with Gasteiger partial charge in [-0.3, -0.25) is 18.7 Å². The molecule has 4 heterocycles. The van der Waals surface area contributed by atoms with Crippen LogP contribution in [-0.4, -0.2) is 37.1 Å². The predicted molar refractivity (Wildman–Crippen MR) is 155 cm³/mol. The molecule has 0 amide bonds. The summed E-state index contributed by atoms with van der Waals surface area (Å²) >= 11 is 3.24. The fourth-order valence-corrected chi connectivity index (χ4v) is 4.67. The van der Waals surface area contributed by atoms with Gasteiger partial charge in [0.05, 0.1) is 21.4 Å². The maximum absolute atomic E-state index is 12.5. The summed E-state index contributed by atoms with van der Waals surface area (Å²) in [5.41, 5.74) is 17.5. The minimum Gasteiger partial charge on any atom is -0.368 e. The monoisotopic (exact) mass is 582 g/mol. The van der Waals surface area contributed by atoms with Crippen LogP contribution in [0.1, 0.15) is 30.8 Å². The number of anilines is 2. The predicted octanol–water partition coefficient (Wildman–Crippen LogP) is 3.40. The molecule has 4 aromatic rings. The maximum atomic E-state index is 12.5. The van der Waals surface area contributed by atoms with E-state index in [1.807, 2.05) is 27.7 Å². The average Bonchev–Trinajstić information content (AvgIpc) is 2.79. The largest absolute Gasteiger partial charge is 0.368 e. The number of hydrogen-bond donors (Lipinski definition) is 2. The van der Waals surface area contributed by atoms with Crippen LogP contribution < -0.4 is 22.6 Å². The van der Waals surface area contributed by atoms with Crippen molar-refractivity contribution in [2.24, 2.45) is 0 Å². The van der Waals surface area contributed by atoms with Gasteiger partial charge in [-0.05, 0) is 55.8 Å². The summed E-state index contributed by atoms with van der Waals surface area (Å²) in [7, 11) is -1.54. The Hall–Kier alpha value is -3.56. The molecule has 12 heteroatoms. The lowest BCUT2D eigenvalue weighted by atomic mass is 10.2. The average molecular weight is 584 g/mol. The topological polar surface area (TPSA) is 148 Å². The number of nitrogen functional groups attached to an aromatic ring is 2. The highest BCUT2D eigenvalue weighted by atomic mass is 79.9. The fraction of sp³-hybridized carbons (Fsp3) is 0.360. The molecule has 0 saturated carbocycles. The van der Waals surface area contributed by atoms with Gasteiger partial charge in [0.25, 0.3) is 11.1 Å². The minimum atomic E-state index is -1.54. The smallest absolute Gasteiger partial charge is 0.267 e. The molecular weight excluding hydrogens is 552 g/mol. The molecule has 0 aliphatic heterocycles. The van der Waals surface area contributed by atoms with Crippen molar-refractivity contribution in [2.45, 2.75) is 60.4 Å². The third-order valence-electron chi connectivity index (χ3n) is 5.47. The van der Waals surface area contributed by atoms with Crippen LogP contribution in [0.5, 0.6) is 0 Å². The molecule has 0 fully saturated rings. The van der Waals surface area contributed by atoms with Gasteiger partial charge in [-0.2, -0.15) is 9.97 Å². The number of aromatic nitrogens is 6. The van der Waals surface area contributed by atoms with E-state index in [-0.39, 0.29) is 23.0 Å². The zero-order chi connectivity index (χ0) is 27.7. The van der Waals surface area contributed by atoms with Crippen LogP contribution in [0.25, 0.3) is 22.1 Å². The highest BCUT2D eigenvalue weighted by Crippen LogP contribution is 2.18. The van der Waals surface area contributed by atoms with Crippen LogP contribution in [-0.2, 0) is 13.1 Å². The molecule has 37 heavy (non-hydrogen) atoms. The quantitative estimate of drug-likeness (QED) is 0.270. The number of nitrogens with two attached hydrogens (primary N) is 2. The Morgan fingerprint density at radius 1 is 0.838 bits per heavy atom. The lowest BCUT2D eigenvalue weighted by molar-refractivity contribution is 0.745. The summed E-state index contributed by atoms with van der Waals surface area (Å²) in [5.74, 6) is 3.42. The SMILES string of the molecule is CCn1c(=O)c(Br)cc2c(C)nc(N)nc21.CCn1c(=O)c(C#C[Si](C)(C)C)cc2c(C)nc(N)nc21. The first kappa shape index (κ1) is 28.0. The zero-order valence-corrected chi connectivity index (χ0v) is 24.7. The number of halogens is 1. The summed E-state index contributed by atoms with van der Waals surface area (Å²) in [6.07, 6.45) is 0. The van der Waals surface area contributed by atoms with Crippen molar-refractivity contribution in [3.8, 4) is 11.5 Å². The first-order chi connectivity index (χ1) is 17.3. The van der Waals surface area contributed by atoms with E-state index in [0.717, 1.165) is 22.2 Å². The molecule has 4 rings (SSSR count). The third kappa shape index (κ3) is 6.06. The molecule has 0 aliphatic carbocycles. The number of pyridine rings is 2. The van der Waals surface area contributed by atoms with Gasteiger partial charge in [-0.25, -0.2) is 9.97 Å². The van der Waals surface area contributed by atoms with E-state index in [0.29, 0.717) is 34.4 Å². The van der Waals surface area contributed by atoms with E-state index < -0.39 is 8.07 Å². The number of nitrogens with zero attached hydrogens (tertiary/aromatic N) is 6. The van der Waals surface area contributed by atoms with Crippen molar-refractivity contribution < 1.29 is 0 Å². The lowest BCUT2D eigenvalue weighted by Gasteiger charge is -2.10. The Morgan fingerprint density at radius 3 is 1.76 bits per heavy atom. The highest BCUT2D eigenvalue weighted by molar-refractivity contribution is 9.10. The van der Waals surface area contributed by atoms with E-state index in [2.05, 4.69) is 67.0 Å². The third-order valence-corrected chi connectivity index (χ3v) is 6.91. The first-order valence-corrected chi connectivity index (χ1v) is 16.1. The van der Waals surface area contributed by atoms with Crippen LogP contribution >= 0.6 is 15.9 Å². The summed E-state index contributed by atoms with van der Waals surface area (Å²) in [6, 6.07) is 3.52. The molecular formula is C25H31BrN8O2Si. The van der Waals surface area contributed by atoms with E-state index in [4.69, 9.17) is 11.5 Å². The molecule has 0 aliphatic rings. The molecule has 194 valence electrons. The summed E-state index contributed by atoms with van der Waals surface area (Å²) < 4.78 is 3.69. The lowest BCUT2D eigenvalue weighted by Crippen LogP contribution is -2.24. The van der Waals surface area contributed by atoms with Crippen LogP contribution in [0.2, 0.25) is 19.6 Å². The standard InChI is InChI=1S/C15H20N4OSi.C10H11BrN4O/c1-6-19-13-12(10(2)17-15(16)18-13)9-11(14(19)20)7-8-21(3,4)5;1-3-15-8-6(4-7(11)9(15)16)5(2)13-10(12)14-8/h9H,6H2,1-5H3,(H2,16,17,18);4H,3H2,1-2H3,(H2,12,13,14). The van der Waals surface area contributed by atoms with Gasteiger partial charge in [-0.15, -0.1) is 5.54 Å². The zero-order valence-electron chi connectivity index (χ0n) is 22.1. The molecule has 4 N–H and O–H groups in total. The van der Waals surface area contributed by atoms with Gasteiger partial charge in [0.2, 0.25) is 11.9 Å². The van der Waals surface area contributed by atoms with Crippen molar-refractivity contribution in [3.05, 3.63) is 54.3 Å². The van der Waals surface area contributed by atoms with Gasteiger partial charge < -0.3 is 11.5 Å². The van der Waals surface area contributed by atoms with Crippen molar-refractivity contribution in [1.29, 1.82) is 0 Å². The molecule has 0 saturated heterocycles. The normalized spacial score (nSPS) is 11.1. The van der Waals surface area contributed by atoms with E-state index >= 15 is 0 Å². The molecule has 0 atom stereocenters.